The molecule has 4 saturated heterocycles. The van der Waals surface area contributed by atoms with Crippen molar-refractivity contribution in [2.75, 3.05) is 42.5 Å². The minimum absolute atomic E-state index is 0.0964. The predicted molar refractivity (Wildman–Crippen MR) is 292 cm³/mol. The number of fused-ring (bicyclic) bond motifs is 3. The fourth-order valence-electron chi connectivity index (χ4n) is 13.1. The summed E-state index contributed by atoms with van der Waals surface area (Å²) < 4.78 is 14.5. The van der Waals surface area contributed by atoms with E-state index in [1.54, 1.807) is 35.2 Å². The fraction of sp³-hybridized carbons (Fsp3) is 0.475. The number of hydrogen-bond acceptors (Lipinski definition) is 14. The second-order valence-electron chi connectivity index (χ2n) is 23.5. The summed E-state index contributed by atoms with van der Waals surface area (Å²) >= 11 is 0. The van der Waals surface area contributed by atoms with Crippen LogP contribution in [-0.2, 0) is 20.2 Å². The van der Waals surface area contributed by atoms with E-state index in [0.717, 1.165) is 111 Å². The highest BCUT2D eigenvalue weighted by atomic mass is 19.1. The zero-order chi connectivity index (χ0) is 53.2. The number of piperidine rings is 1. The van der Waals surface area contributed by atoms with Crippen molar-refractivity contribution in [1.29, 1.82) is 0 Å². The summed E-state index contributed by atoms with van der Waals surface area (Å²) in [6.45, 7) is 11.5. The number of aliphatic hydroxyl groups excluding tert-OH is 1. The van der Waals surface area contributed by atoms with Crippen molar-refractivity contribution in [3.63, 3.8) is 0 Å². The largest absolute Gasteiger partial charge is 0.507 e. The Balaban J connectivity index is 0.618. The summed E-state index contributed by atoms with van der Waals surface area (Å²) in [5, 5.41) is 42.3. The standard InChI is InChI=1S/C59H69FN12O5/c1-58(2,3)52(56(76)71-34-43(73)27-49(71)54-65-59(4,77-68-54)39-17-13-36(14-18-39)44-9-5-7-11-47(44)60)64-55(75)37-15-19-40(20-16-37)69-25-23-35(24-26-69)38-29-62-57(63-30-38)72-41-21-22-42(72)33-70(32-41)50-31-61-53-46(50)28-48(66-67-53)45-10-6-8-12-51(45)74/h5-14,17-18,28-31,35,37,40-43,49,52,73-74H,15-16,19-27,32-34H2,1-4H3,(H,61,67)(H,64,75)(H,65,68)/t37-,40-,41?,42?,43-,49+,52-,59-/m1/s1. The molecule has 2 bridgehead atoms. The Morgan fingerprint density at radius 1 is 0.844 bits per heavy atom. The van der Waals surface area contributed by atoms with Crippen LogP contribution in [-0.4, -0.2) is 132 Å². The van der Waals surface area contributed by atoms with Gasteiger partial charge in [0.25, 0.3) is 0 Å². The lowest BCUT2D eigenvalue weighted by atomic mass is 9.81. The molecule has 5 N–H and O–H groups in total. The van der Waals surface area contributed by atoms with Crippen LogP contribution in [0.15, 0.2) is 103 Å². The lowest BCUT2D eigenvalue weighted by Gasteiger charge is -2.42. The summed E-state index contributed by atoms with van der Waals surface area (Å²) in [6.07, 6.45) is 13.2. The van der Waals surface area contributed by atoms with Crippen LogP contribution in [0.2, 0.25) is 0 Å². The molecule has 3 aromatic carbocycles. The lowest BCUT2D eigenvalue weighted by Crippen LogP contribution is -2.59. The van der Waals surface area contributed by atoms with E-state index in [2.05, 4.69) is 58.1 Å². The van der Waals surface area contributed by atoms with Gasteiger partial charge in [0, 0.05) is 97.7 Å². The van der Waals surface area contributed by atoms with Gasteiger partial charge in [0.05, 0.1) is 23.5 Å². The number of carbonyl (C=O) groups excluding carboxylic acids is 2. The van der Waals surface area contributed by atoms with Gasteiger partial charge in [-0.25, -0.2) is 14.4 Å². The first-order chi connectivity index (χ1) is 37.2. The molecule has 3 aromatic heterocycles. The van der Waals surface area contributed by atoms with Gasteiger partial charge in [0.2, 0.25) is 23.5 Å². The van der Waals surface area contributed by atoms with Gasteiger partial charge in [-0.05, 0) is 111 Å². The number of aromatic amines is 1. The number of para-hydroxylation sites is 1. The van der Waals surface area contributed by atoms with E-state index in [1.807, 2.05) is 76.4 Å². The van der Waals surface area contributed by atoms with Crippen LogP contribution in [0.4, 0.5) is 16.0 Å². The molecule has 1 saturated carbocycles. The first kappa shape index (κ1) is 50.6. The van der Waals surface area contributed by atoms with E-state index < -0.39 is 29.3 Å². The normalized spacial score (nSPS) is 26.4. The number of halogens is 1. The third kappa shape index (κ3) is 9.83. The van der Waals surface area contributed by atoms with Gasteiger partial charge in [0.1, 0.15) is 17.6 Å². The van der Waals surface area contributed by atoms with E-state index in [0.29, 0.717) is 46.7 Å². The molecule has 5 fully saturated rings. The Hall–Kier alpha value is -7.18. The molecule has 1 aliphatic carbocycles. The Labute approximate surface area is 448 Å². The molecule has 5 aliphatic heterocycles. The number of rotatable bonds is 11. The zero-order valence-electron chi connectivity index (χ0n) is 44.3. The highest BCUT2D eigenvalue weighted by Crippen LogP contribution is 2.40. The van der Waals surface area contributed by atoms with Gasteiger partial charge < -0.3 is 50.3 Å². The van der Waals surface area contributed by atoms with Crippen LogP contribution in [0.25, 0.3) is 33.4 Å². The number of aliphatic hydroxyl groups is 1. The number of benzene rings is 3. The number of phenols is 1. The van der Waals surface area contributed by atoms with Gasteiger partial charge in [0.15, 0.2) is 11.5 Å². The Morgan fingerprint density at radius 3 is 2.21 bits per heavy atom. The maximum atomic E-state index is 14.6. The van der Waals surface area contributed by atoms with Crippen molar-refractivity contribution in [1.82, 2.24) is 45.6 Å². The second-order valence-corrected chi connectivity index (χ2v) is 23.5. The van der Waals surface area contributed by atoms with Crippen molar-refractivity contribution in [3.05, 3.63) is 114 Å². The number of anilines is 2. The number of phenolic OH excluding ortho intramolecular Hbond substituents is 1. The highest BCUT2D eigenvalue weighted by molar-refractivity contribution is 5.96. The molecule has 402 valence electrons. The summed E-state index contributed by atoms with van der Waals surface area (Å²) in [4.78, 5) is 57.2. The SMILES string of the molecule is CC(C)(C)[C@H](NC(=O)[C@H]1CC[C@H](N2CCC(c3cnc(N4C5CCC4CN(c4c[nH]c6nnc(-c7ccccc7O)cc46)C5)nc3)CC2)CC1)C(=O)N1C[C@H](O)C[C@H]1C1=NO[C@](C)(c2ccc(-c3ccccc3F)cc2)N1. The monoisotopic (exact) mass is 1040 g/mol. The van der Waals surface area contributed by atoms with Gasteiger partial charge in [-0.3, -0.25) is 9.59 Å². The number of oxime groups is 1. The molecule has 8 heterocycles. The number of nitrogens with one attached hydrogen (secondary N) is 3. The number of carbonyl (C=O) groups is 2. The van der Waals surface area contributed by atoms with Crippen LogP contribution >= 0.6 is 0 Å². The fourth-order valence-corrected chi connectivity index (χ4v) is 13.1. The average molecular weight is 1050 g/mol. The number of piperazine rings is 1. The van der Waals surface area contributed by atoms with Gasteiger partial charge in [-0.1, -0.05) is 80.5 Å². The molecule has 0 radical (unpaired) electrons. The second kappa shape index (κ2) is 20.3. The summed E-state index contributed by atoms with van der Waals surface area (Å²) in [5.74, 6) is 0.960. The van der Waals surface area contributed by atoms with Crippen LogP contribution in [0.1, 0.15) is 103 Å². The Bertz CT molecular complexity index is 3150. The quantitative estimate of drug-likeness (QED) is 0.0842. The molecular weight excluding hydrogens is 976 g/mol. The number of aromatic hydroxyl groups is 1. The molecule has 6 aromatic rings. The van der Waals surface area contributed by atoms with Crippen molar-refractivity contribution in [3.8, 4) is 28.1 Å². The van der Waals surface area contributed by atoms with Crippen molar-refractivity contribution >= 4 is 40.3 Å². The number of β-amino-alcohol motifs (C(OH)–C–C–N with tert-alkyl or cyclic N) is 1. The molecule has 18 heteroatoms. The number of H-pyrrole nitrogens is 1. The Morgan fingerprint density at radius 2 is 1.52 bits per heavy atom. The van der Waals surface area contributed by atoms with Crippen LogP contribution in [0, 0.1) is 17.2 Å². The van der Waals surface area contributed by atoms with Gasteiger partial charge in [-0.15, -0.1) is 10.2 Å². The smallest absolute Gasteiger partial charge is 0.246 e. The minimum Gasteiger partial charge on any atom is -0.507 e. The molecule has 6 atom stereocenters. The number of aromatic nitrogens is 5. The number of hydrogen-bond donors (Lipinski definition) is 5. The Kier molecular flexibility index (Phi) is 13.4. The molecule has 2 amide bonds. The highest BCUT2D eigenvalue weighted by Gasteiger charge is 2.48. The average Bonchev–Trinajstić information content (AvgIpc) is 4.33. The third-order valence-corrected chi connectivity index (χ3v) is 17.5. The summed E-state index contributed by atoms with van der Waals surface area (Å²) in [6, 6.07) is 22.9. The molecule has 0 spiro atoms. The number of nitrogens with zero attached hydrogens (tertiary/aromatic N) is 9. The minimum atomic E-state index is -1.06. The van der Waals surface area contributed by atoms with Crippen LogP contribution in [0.3, 0.4) is 0 Å². The lowest BCUT2D eigenvalue weighted by molar-refractivity contribution is -0.141. The van der Waals surface area contributed by atoms with E-state index in [9.17, 15) is 24.2 Å². The first-order valence-corrected chi connectivity index (χ1v) is 27.6. The van der Waals surface area contributed by atoms with Gasteiger partial charge in [-0.2, -0.15) is 0 Å². The molecule has 17 nitrogen and oxygen atoms in total. The summed E-state index contributed by atoms with van der Waals surface area (Å²) in [5.41, 5.74) is 4.65. The maximum Gasteiger partial charge on any atom is 0.246 e. The first-order valence-electron chi connectivity index (χ1n) is 27.6. The molecule has 12 rings (SSSR count). The van der Waals surface area contributed by atoms with E-state index in [1.165, 1.54) is 11.6 Å². The molecule has 2 unspecified atom stereocenters. The number of likely N-dealkylation sites (tertiary alicyclic amines) is 2. The summed E-state index contributed by atoms with van der Waals surface area (Å²) in [7, 11) is 0. The molecule has 6 aliphatic rings. The number of amidine groups is 1. The van der Waals surface area contributed by atoms with Crippen LogP contribution in [0.5, 0.6) is 5.75 Å². The van der Waals surface area contributed by atoms with E-state index in [4.69, 9.17) is 14.8 Å². The van der Waals surface area contributed by atoms with Crippen molar-refractivity contribution in [2.45, 2.75) is 133 Å². The molecule has 77 heavy (non-hydrogen) atoms. The topological polar surface area (TPSA) is 201 Å². The predicted octanol–water partition coefficient (Wildman–Crippen LogP) is 7.82. The zero-order valence-corrected chi connectivity index (χ0v) is 44.3. The van der Waals surface area contributed by atoms with Crippen molar-refractivity contribution < 1.29 is 29.0 Å². The third-order valence-electron chi connectivity index (χ3n) is 17.5. The molecular formula is C59H69FN12O5. The maximum absolute atomic E-state index is 14.6. The van der Waals surface area contributed by atoms with Crippen LogP contribution < -0.4 is 20.4 Å². The number of amides is 2. The van der Waals surface area contributed by atoms with E-state index in [-0.39, 0.29) is 42.3 Å². The van der Waals surface area contributed by atoms with Crippen molar-refractivity contribution in [2.24, 2.45) is 16.5 Å². The van der Waals surface area contributed by atoms with Gasteiger partial charge >= 0.3 is 0 Å². The van der Waals surface area contributed by atoms with E-state index >= 15 is 0 Å².